The number of likely N-dealkylation sites (N-methyl/N-ethyl adjacent to an activating group) is 2. The number of rotatable bonds is 5. The molecule has 90 valence electrons. The lowest BCUT2D eigenvalue weighted by molar-refractivity contribution is 0.465. The molecule has 0 atom stereocenters. The van der Waals surface area contributed by atoms with Crippen LogP contribution in [0.2, 0.25) is 0 Å². The van der Waals surface area contributed by atoms with Crippen LogP contribution in [0, 0.1) is 5.82 Å². The molecule has 0 spiro atoms. The van der Waals surface area contributed by atoms with Gasteiger partial charge in [-0.1, -0.05) is 6.07 Å². The number of nitrogens with one attached hydrogen (secondary N) is 1. The highest BCUT2D eigenvalue weighted by molar-refractivity contribution is 7.89. The Kier molecular flexibility index (Phi) is 4.40. The molecule has 1 N–H and O–H groups in total. The highest BCUT2D eigenvalue weighted by atomic mass is 32.2. The molecule has 0 amide bonds. The van der Waals surface area contributed by atoms with Crippen LogP contribution in [0.3, 0.4) is 0 Å². The summed E-state index contributed by atoms with van der Waals surface area (Å²) in [4.78, 5) is -0.0221. The Labute approximate surface area is 95.1 Å². The van der Waals surface area contributed by atoms with Crippen LogP contribution in [-0.2, 0) is 10.0 Å². The van der Waals surface area contributed by atoms with Crippen LogP contribution < -0.4 is 5.32 Å². The normalized spacial score (nSPS) is 12.0. The zero-order valence-corrected chi connectivity index (χ0v) is 10.1. The summed E-state index contributed by atoms with van der Waals surface area (Å²) in [6.45, 7) is 0.889. The van der Waals surface area contributed by atoms with Crippen LogP contribution in [0.15, 0.2) is 29.2 Å². The second kappa shape index (κ2) is 5.38. The van der Waals surface area contributed by atoms with E-state index in [9.17, 15) is 12.8 Å². The first-order valence-electron chi connectivity index (χ1n) is 4.85. The van der Waals surface area contributed by atoms with Crippen LogP contribution in [0.5, 0.6) is 0 Å². The molecule has 0 fully saturated rings. The summed E-state index contributed by atoms with van der Waals surface area (Å²) >= 11 is 0. The Hall–Kier alpha value is -0.980. The second-order valence-electron chi connectivity index (χ2n) is 3.39. The summed E-state index contributed by atoms with van der Waals surface area (Å²) in [5, 5.41) is 2.85. The van der Waals surface area contributed by atoms with Gasteiger partial charge in [0.15, 0.2) is 0 Å². The van der Waals surface area contributed by atoms with E-state index in [2.05, 4.69) is 5.32 Å². The van der Waals surface area contributed by atoms with E-state index in [0.717, 1.165) is 6.07 Å². The SMILES string of the molecule is CNCCN(C)S(=O)(=O)c1cccc(F)c1. The third kappa shape index (κ3) is 3.01. The molecular formula is C10H15FN2O2S. The molecule has 0 aliphatic rings. The molecule has 0 aliphatic carbocycles. The minimum Gasteiger partial charge on any atom is -0.318 e. The summed E-state index contributed by atoms with van der Waals surface area (Å²) in [5.74, 6) is -0.553. The molecule has 4 nitrogen and oxygen atoms in total. The van der Waals surface area contributed by atoms with E-state index >= 15 is 0 Å². The molecule has 0 bridgehead atoms. The van der Waals surface area contributed by atoms with Crippen LogP contribution >= 0.6 is 0 Å². The Morgan fingerprint density at radius 3 is 2.69 bits per heavy atom. The molecule has 0 aromatic heterocycles. The maximum Gasteiger partial charge on any atom is 0.242 e. The molecule has 0 heterocycles. The number of hydrogen-bond donors (Lipinski definition) is 1. The van der Waals surface area contributed by atoms with Crippen LogP contribution in [-0.4, -0.2) is 39.9 Å². The Morgan fingerprint density at radius 1 is 1.44 bits per heavy atom. The monoisotopic (exact) mass is 246 g/mol. The largest absolute Gasteiger partial charge is 0.318 e. The average Bonchev–Trinajstić information content (AvgIpc) is 2.25. The van der Waals surface area contributed by atoms with Crippen molar-refractivity contribution in [1.82, 2.24) is 9.62 Å². The summed E-state index contributed by atoms with van der Waals surface area (Å²) in [6, 6.07) is 5.00. The van der Waals surface area contributed by atoms with Gasteiger partial charge in [-0.2, -0.15) is 4.31 Å². The van der Waals surface area contributed by atoms with E-state index in [1.807, 2.05) is 0 Å². The third-order valence-corrected chi connectivity index (χ3v) is 4.03. The quantitative estimate of drug-likeness (QED) is 0.830. The molecule has 1 aromatic rings. The van der Waals surface area contributed by atoms with E-state index in [-0.39, 0.29) is 4.90 Å². The van der Waals surface area contributed by atoms with Gasteiger partial charge in [-0.15, -0.1) is 0 Å². The number of halogens is 1. The summed E-state index contributed by atoms with van der Waals surface area (Å²) in [5.41, 5.74) is 0. The molecular weight excluding hydrogens is 231 g/mol. The van der Waals surface area contributed by atoms with Crippen molar-refractivity contribution in [3.05, 3.63) is 30.1 Å². The first-order chi connectivity index (χ1) is 7.48. The van der Waals surface area contributed by atoms with Crippen molar-refractivity contribution in [1.29, 1.82) is 0 Å². The lowest BCUT2D eigenvalue weighted by Crippen LogP contribution is -2.32. The van der Waals surface area contributed by atoms with Gasteiger partial charge in [-0.25, -0.2) is 12.8 Å². The highest BCUT2D eigenvalue weighted by Crippen LogP contribution is 2.14. The standard InChI is InChI=1S/C10H15FN2O2S/c1-12-6-7-13(2)16(14,15)10-5-3-4-9(11)8-10/h3-5,8,12H,6-7H2,1-2H3. The molecule has 16 heavy (non-hydrogen) atoms. The number of benzene rings is 1. The molecule has 0 unspecified atom stereocenters. The van der Waals surface area contributed by atoms with Crippen LogP contribution in [0.4, 0.5) is 4.39 Å². The van der Waals surface area contributed by atoms with Crippen molar-refractivity contribution in [3.63, 3.8) is 0 Å². The van der Waals surface area contributed by atoms with Gasteiger partial charge in [0.2, 0.25) is 10.0 Å². The first-order valence-corrected chi connectivity index (χ1v) is 6.29. The van der Waals surface area contributed by atoms with E-state index in [0.29, 0.717) is 13.1 Å². The predicted octanol–water partition coefficient (Wildman–Crippen LogP) is 0.666. The summed E-state index contributed by atoms with van der Waals surface area (Å²) < 4.78 is 38.0. The van der Waals surface area contributed by atoms with E-state index in [1.165, 1.54) is 29.6 Å². The zero-order chi connectivity index (χ0) is 12.2. The summed E-state index contributed by atoms with van der Waals surface area (Å²) in [7, 11) is -0.372. The molecule has 0 aliphatic heterocycles. The minimum atomic E-state index is -3.58. The van der Waals surface area contributed by atoms with E-state index in [4.69, 9.17) is 0 Å². The van der Waals surface area contributed by atoms with Gasteiger partial charge in [0.1, 0.15) is 5.82 Å². The minimum absolute atomic E-state index is 0.0221. The van der Waals surface area contributed by atoms with Crippen molar-refractivity contribution < 1.29 is 12.8 Å². The molecule has 0 saturated carbocycles. The Bertz CT molecular complexity index is 448. The van der Waals surface area contributed by atoms with Crippen LogP contribution in [0.25, 0.3) is 0 Å². The fourth-order valence-corrected chi connectivity index (χ4v) is 2.40. The van der Waals surface area contributed by atoms with Gasteiger partial charge in [-0.3, -0.25) is 0 Å². The van der Waals surface area contributed by atoms with E-state index in [1.54, 1.807) is 7.05 Å². The number of hydrogen-bond acceptors (Lipinski definition) is 3. The molecule has 1 rings (SSSR count). The fraction of sp³-hybridized carbons (Fsp3) is 0.400. The van der Waals surface area contributed by atoms with Crippen molar-refractivity contribution >= 4 is 10.0 Å². The lowest BCUT2D eigenvalue weighted by atomic mass is 10.4. The van der Waals surface area contributed by atoms with Crippen LogP contribution in [0.1, 0.15) is 0 Å². The van der Waals surface area contributed by atoms with Gasteiger partial charge in [0.05, 0.1) is 4.90 Å². The zero-order valence-electron chi connectivity index (χ0n) is 9.27. The highest BCUT2D eigenvalue weighted by Gasteiger charge is 2.20. The van der Waals surface area contributed by atoms with Gasteiger partial charge in [-0.05, 0) is 25.2 Å². The van der Waals surface area contributed by atoms with Crippen molar-refractivity contribution in [2.75, 3.05) is 27.2 Å². The Balaban J connectivity index is 2.93. The van der Waals surface area contributed by atoms with Gasteiger partial charge >= 0.3 is 0 Å². The van der Waals surface area contributed by atoms with Crippen molar-refractivity contribution in [2.24, 2.45) is 0 Å². The molecule has 6 heteroatoms. The molecule has 0 radical (unpaired) electrons. The van der Waals surface area contributed by atoms with Crippen molar-refractivity contribution in [3.8, 4) is 0 Å². The topological polar surface area (TPSA) is 49.4 Å². The average molecular weight is 246 g/mol. The fourth-order valence-electron chi connectivity index (χ4n) is 1.20. The first kappa shape index (κ1) is 13.1. The second-order valence-corrected chi connectivity index (χ2v) is 5.43. The predicted molar refractivity (Wildman–Crippen MR) is 60.1 cm³/mol. The Morgan fingerprint density at radius 2 is 2.12 bits per heavy atom. The molecule has 1 aromatic carbocycles. The van der Waals surface area contributed by atoms with Crippen molar-refractivity contribution in [2.45, 2.75) is 4.90 Å². The number of nitrogens with zero attached hydrogens (tertiary/aromatic N) is 1. The van der Waals surface area contributed by atoms with E-state index < -0.39 is 15.8 Å². The maximum absolute atomic E-state index is 12.9. The maximum atomic E-state index is 12.9. The smallest absolute Gasteiger partial charge is 0.242 e. The van der Waals surface area contributed by atoms with Gasteiger partial charge in [0.25, 0.3) is 0 Å². The molecule has 0 saturated heterocycles. The van der Waals surface area contributed by atoms with Gasteiger partial charge < -0.3 is 5.32 Å². The van der Waals surface area contributed by atoms with Gasteiger partial charge in [0, 0.05) is 20.1 Å². The lowest BCUT2D eigenvalue weighted by Gasteiger charge is -2.16. The number of sulfonamides is 1. The third-order valence-electron chi connectivity index (χ3n) is 2.18. The summed E-state index contributed by atoms with van der Waals surface area (Å²) in [6.07, 6.45) is 0.